The highest BCUT2D eigenvalue weighted by molar-refractivity contribution is 8.13. The molecule has 14 heavy (non-hydrogen) atoms. The molecule has 0 atom stereocenters. The molecule has 0 N–H and O–H groups in total. The van der Waals surface area contributed by atoms with E-state index in [0.717, 1.165) is 6.07 Å². The predicted octanol–water partition coefficient (Wildman–Crippen LogP) is 1.93. The minimum absolute atomic E-state index is 0.250. The van der Waals surface area contributed by atoms with E-state index in [1.807, 2.05) is 0 Å². The van der Waals surface area contributed by atoms with Crippen LogP contribution in [0.15, 0.2) is 17.0 Å². The number of aryl methyl sites for hydroxylation is 1. The molecule has 0 aliphatic rings. The summed E-state index contributed by atoms with van der Waals surface area (Å²) in [6, 6.07) is 3.89. The molecule has 0 radical (unpaired) electrons. The van der Waals surface area contributed by atoms with Crippen molar-refractivity contribution >= 4 is 19.7 Å². The van der Waals surface area contributed by atoms with Crippen molar-refractivity contribution in [2.24, 2.45) is 0 Å². The zero-order chi connectivity index (χ0) is 10.9. The smallest absolute Gasteiger partial charge is 0.207 e. The third-order valence-electron chi connectivity index (χ3n) is 1.67. The maximum absolute atomic E-state index is 13.1. The molecule has 0 bridgehead atoms. The molecule has 0 aliphatic carbocycles. The average Bonchev–Trinajstić information content (AvgIpc) is 2.06. The lowest BCUT2D eigenvalue weighted by molar-refractivity contribution is 0.574. The average molecular weight is 234 g/mol. The fourth-order valence-corrected chi connectivity index (χ4v) is 2.24. The Kier molecular flexibility index (Phi) is 2.79. The van der Waals surface area contributed by atoms with Crippen LogP contribution in [-0.4, -0.2) is 8.42 Å². The van der Waals surface area contributed by atoms with Gasteiger partial charge in [0.15, 0.2) is 0 Å². The van der Waals surface area contributed by atoms with Crippen LogP contribution in [0.5, 0.6) is 0 Å². The van der Waals surface area contributed by atoms with Gasteiger partial charge in [0, 0.05) is 10.7 Å². The van der Waals surface area contributed by atoms with E-state index in [1.54, 1.807) is 6.07 Å². The molecule has 0 heterocycles. The van der Waals surface area contributed by atoms with Crippen molar-refractivity contribution in [3.05, 3.63) is 29.1 Å². The Hall–Kier alpha value is -1.12. The lowest BCUT2D eigenvalue weighted by Crippen LogP contribution is -2.01. The summed E-state index contributed by atoms with van der Waals surface area (Å²) in [6.07, 6.45) is 0. The Morgan fingerprint density at radius 2 is 2.07 bits per heavy atom. The van der Waals surface area contributed by atoms with E-state index in [9.17, 15) is 12.8 Å². The summed E-state index contributed by atoms with van der Waals surface area (Å²) in [5.74, 6) is -1.01. The molecular weight excluding hydrogens is 229 g/mol. The number of hydrogen-bond donors (Lipinski definition) is 0. The largest absolute Gasteiger partial charge is 0.265 e. The molecule has 0 aliphatic heterocycles. The number of hydrogen-bond acceptors (Lipinski definition) is 3. The van der Waals surface area contributed by atoms with Gasteiger partial charge < -0.3 is 0 Å². The summed E-state index contributed by atoms with van der Waals surface area (Å²) in [7, 11) is 0.777. The minimum atomic E-state index is -4.22. The van der Waals surface area contributed by atoms with Gasteiger partial charge in [0.25, 0.3) is 9.05 Å². The highest BCUT2D eigenvalue weighted by atomic mass is 35.7. The molecule has 0 spiro atoms. The standard InChI is InChI=1S/C8H5ClFNO2S/c1-5-2-3-7(10)8(6(5)4-11)14(9,12)13/h2-3H,1H3. The van der Waals surface area contributed by atoms with E-state index < -0.39 is 19.8 Å². The monoisotopic (exact) mass is 233 g/mol. The van der Waals surface area contributed by atoms with Gasteiger partial charge in [0.1, 0.15) is 16.8 Å². The summed E-state index contributed by atoms with van der Waals surface area (Å²) in [5, 5.41) is 8.65. The topological polar surface area (TPSA) is 57.9 Å². The van der Waals surface area contributed by atoms with Crippen molar-refractivity contribution < 1.29 is 12.8 Å². The molecule has 0 aromatic heterocycles. The molecule has 1 rings (SSSR count). The number of nitriles is 1. The maximum Gasteiger partial charge on any atom is 0.265 e. The van der Waals surface area contributed by atoms with Crippen LogP contribution < -0.4 is 0 Å². The van der Waals surface area contributed by atoms with Crippen molar-refractivity contribution in [1.82, 2.24) is 0 Å². The second-order valence-electron chi connectivity index (χ2n) is 2.62. The minimum Gasteiger partial charge on any atom is -0.207 e. The highest BCUT2D eigenvalue weighted by Gasteiger charge is 2.22. The van der Waals surface area contributed by atoms with Crippen molar-refractivity contribution in [2.75, 3.05) is 0 Å². The van der Waals surface area contributed by atoms with Crippen LogP contribution in [0, 0.1) is 24.1 Å². The van der Waals surface area contributed by atoms with Gasteiger partial charge in [-0.25, -0.2) is 12.8 Å². The van der Waals surface area contributed by atoms with Crippen LogP contribution in [-0.2, 0) is 9.05 Å². The lowest BCUT2D eigenvalue weighted by atomic mass is 10.1. The highest BCUT2D eigenvalue weighted by Crippen LogP contribution is 2.25. The van der Waals surface area contributed by atoms with Crippen LogP contribution in [0.4, 0.5) is 4.39 Å². The number of halogens is 2. The lowest BCUT2D eigenvalue weighted by Gasteiger charge is -2.03. The van der Waals surface area contributed by atoms with Gasteiger partial charge in [-0.3, -0.25) is 0 Å². The van der Waals surface area contributed by atoms with Crippen LogP contribution in [0.1, 0.15) is 11.1 Å². The second kappa shape index (κ2) is 3.56. The molecule has 6 heteroatoms. The van der Waals surface area contributed by atoms with Crippen molar-refractivity contribution in [1.29, 1.82) is 5.26 Å². The van der Waals surface area contributed by atoms with Gasteiger partial charge >= 0.3 is 0 Å². The fourth-order valence-electron chi connectivity index (χ4n) is 1.03. The summed E-state index contributed by atoms with van der Waals surface area (Å²) in [5.41, 5.74) is 0.119. The first kappa shape index (κ1) is 11.0. The van der Waals surface area contributed by atoms with E-state index in [4.69, 9.17) is 15.9 Å². The van der Waals surface area contributed by atoms with E-state index in [1.165, 1.54) is 13.0 Å². The molecule has 0 saturated heterocycles. The third-order valence-corrected chi connectivity index (χ3v) is 3.02. The van der Waals surface area contributed by atoms with E-state index in [2.05, 4.69) is 0 Å². The molecule has 0 amide bonds. The first-order valence-electron chi connectivity index (χ1n) is 3.52. The second-order valence-corrected chi connectivity index (χ2v) is 5.12. The number of benzene rings is 1. The van der Waals surface area contributed by atoms with Crippen molar-refractivity contribution in [3.8, 4) is 6.07 Å². The molecule has 0 unspecified atom stereocenters. The van der Waals surface area contributed by atoms with Gasteiger partial charge in [-0.2, -0.15) is 5.26 Å². The number of nitrogens with zero attached hydrogens (tertiary/aromatic N) is 1. The zero-order valence-corrected chi connectivity index (χ0v) is 8.66. The summed E-state index contributed by atoms with van der Waals surface area (Å²) >= 11 is 0. The van der Waals surface area contributed by atoms with E-state index in [0.29, 0.717) is 5.56 Å². The summed E-state index contributed by atoms with van der Waals surface area (Å²) in [6.45, 7) is 1.50. The normalized spacial score (nSPS) is 11.0. The van der Waals surface area contributed by atoms with Crippen LogP contribution in [0.25, 0.3) is 0 Å². The quantitative estimate of drug-likeness (QED) is 0.697. The Morgan fingerprint density at radius 3 is 2.43 bits per heavy atom. The summed E-state index contributed by atoms with van der Waals surface area (Å²) in [4.78, 5) is -0.748. The SMILES string of the molecule is Cc1ccc(F)c(S(=O)(=O)Cl)c1C#N. The molecule has 3 nitrogen and oxygen atoms in total. The first-order valence-corrected chi connectivity index (χ1v) is 5.82. The molecule has 1 aromatic rings. The van der Waals surface area contributed by atoms with Crippen molar-refractivity contribution in [3.63, 3.8) is 0 Å². The van der Waals surface area contributed by atoms with Crippen LogP contribution in [0.2, 0.25) is 0 Å². The molecule has 1 aromatic carbocycles. The van der Waals surface area contributed by atoms with E-state index in [-0.39, 0.29) is 5.56 Å². The number of rotatable bonds is 1. The van der Waals surface area contributed by atoms with Gasteiger partial charge in [-0.15, -0.1) is 0 Å². The predicted molar refractivity (Wildman–Crippen MR) is 48.9 cm³/mol. The Balaban J connectivity index is 3.74. The Bertz CT molecular complexity index is 519. The Labute approximate surface area is 85.2 Å². The summed E-state index contributed by atoms with van der Waals surface area (Å²) < 4.78 is 35.0. The van der Waals surface area contributed by atoms with Gasteiger partial charge in [-0.1, -0.05) is 6.07 Å². The van der Waals surface area contributed by atoms with E-state index >= 15 is 0 Å². The van der Waals surface area contributed by atoms with Gasteiger partial charge in [-0.05, 0) is 18.6 Å². The van der Waals surface area contributed by atoms with Crippen LogP contribution in [0.3, 0.4) is 0 Å². The van der Waals surface area contributed by atoms with Crippen molar-refractivity contribution in [2.45, 2.75) is 11.8 Å². The zero-order valence-electron chi connectivity index (χ0n) is 7.08. The molecule has 0 saturated carbocycles. The third kappa shape index (κ3) is 1.86. The maximum atomic E-state index is 13.1. The molecule has 74 valence electrons. The fraction of sp³-hybridized carbons (Fsp3) is 0.125. The van der Waals surface area contributed by atoms with Gasteiger partial charge in [0.05, 0.1) is 5.56 Å². The Morgan fingerprint density at radius 1 is 1.50 bits per heavy atom. The molecular formula is C8H5ClFNO2S. The van der Waals surface area contributed by atoms with Crippen LogP contribution >= 0.6 is 10.7 Å². The van der Waals surface area contributed by atoms with Gasteiger partial charge in [0.2, 0.25) is 0 Å². The molecule has 0 fully saturated rings. The first-order chi connectivity index (χ1) is 6.38.